The lowest BCUT2D eigenvalue weighted by Gasteiger charge is -2.24. The molecule has 0 spiro atoms. The van der Waals surface area contributed by atoms with Crippen LogP contribution in [0.25, 0.3) is 0 Å². The van der Waals surface area contributed by atoms with Crippen LogP contribution < -0.4 is 0 Å². The van der Waals surface area contributed by atoms with Crippen molar-refractivity contribution in [3.63, 3.8) is 0 Å². The van der Waals surface area contributed by atoms with E-state index in [0.717, 1.165) is 18.2 Å². The van der Waals surface area contributed by atoms with Gasteiger partial charge in [-0.1, -0.05) is 0 Å². The van der Waals surface area contributed by atoms with Gasteiger partial charge in [0, 0.05) is 19.5 Å². The molecule has 0 bridgehead atoms. The molecule has 8 heteroatoms. The summed E-state index contributed by atoms with van der Waals surface area (Å²) in [5.41, 5.74) is 0.127. The molecule has 0 unspecified atom stereocenters. The first-order valence-corrected chi connectivity index (χ1v) is 7.59. The number of rotatable bonds is 6. The van der Waals surface area contributed by atoms with Crippen LogP contribution >= 0.6 is 0 Å². The molecule has 1 aliphatic heterocycles. The van der Waals surface area contributed by atoms with Crippen LogP contribution in [0, 0.1) is 11.6 Å². The number of aliphatic hydroxyl groups is 1. The van der Waals surface area contributed by atoms with Crippen LogP contribution in [0.4, 0.5) is 8.78 Å². The van der Waals surface area contributed by atoms with Gasteiger partial charge in [0.25, 0.3) is 0 Å². The topological polar surface area (TPSA) is 81.1 Å². The maximum atomic E-state index is 13.6. The molecular weight excluding hydrogens is 322 g/mol. The van der Waals surface area contributed by atoms with Gasteiger partial charge in [-0.05, 0) is 37.2 Å². The van der Waals surface area contributed by atoms with Crippen molar-refractivity contribution < 1.29 is 28.6 Å². The average molecular weight is 342 g/mol. The van der Waals surface area contributed by atoms with Gasteiger partial charge in [-0.25, -0.2) is 8.78 Å². The number of carboxylic acid groups (broad SMARTS) is 1. The number of carbonyl (C=O) groups is 2. The molecule has 1 heterocycles. The molecule has 2 atom stereocenters. The second-order valence-electron chi connectivity index (χ2n) is 5.98. The fourth-order valence-electron chi connectivity index (χ4n) is 2.87. The SMILES string of the molecule is CN(CC(=O)O)[C@H]1CN(C(=O)CCc2cc(F)ccc2F)C[C@H]1O. The van der Waals surface area contributed by atoms with Crippen LogP contribution in [0.15, 0.2) is 18.2 Å². The molecule has 24 heavy (non-hydrogen) atoms. The van der Waals surface area contributed by atoms with Crippen LogP contribution in [0.1, 0.15) is 12.0 Å². The number of hydrogen-bond donors (Lipinski definition) is 2. The molecule has 0 saturated carbocycles. The summed E-state index contributed by atoms with van der Waals surface area (Å²) in [6.45, 7) is 0.0623. The van der Waals surface area contributed by atoms with E-state index in [1.165, 1.54) is 9.80 Å². The lowest BCUT2D eigenvalue weighted by atomic mass is 10.1. The standard InChI is InChI=1S/C16H20F2N2O4/c1-19(9-16(23)24)13-7-20(8-14(13)21)15(22)5-2-10-6-11(17)3-4-12(10)18/h3-4,6,13-14,21H,2,5,7-9H2,1H3,(H,23,24)/t13-,14+/m0/s1. The van der Waals surface area contributed by atoms with Crippen LogP contribution in [0.3, 0.4) is 0 Å². The van der Waals surface area contributed by atoms with Crippen LogP contribution in [0.5, 0.6) is 0 Å². The Morgan fingerprint density at radius 2 is 2.04 bits per heavy atom. The maximum Gasteiger partial charge on any atom is 0.317 e. The van der Waals surface area contributed by atoms with E-state index in [2.05, 4.69) is 0 Å². The average Bonchev–Trinajstić information content (AvgIpc) is 2.89. The zero-order valence-corrected chi connectivity index (χ0v) is 13.3. The molecule has 1 fully saturated rings. The summed E-state index contributed by atoms with van der Waals surface area (Å²) < 4.78 is 26.7. The quantitative estimate of drug-likeness (QED) is 0.786. The second-order valence-corrected chi connectivity index (χ2v) is 5.98. The number of benzene rings is 1. The third-order valence-corrected chi connectivity index (χ3v) is 4.18. The van der Waals surface area contributed by atoms with Crippen molar-refractivity contribution in [2.75, 3.05) is 26.7 Å². The minimum absolute atomic E-state index is 0.0115. The summed E-state index contributed by atoms with van der Waals surface area (Å²) in [6, 6.07) is 2.63. The Morgan fingerprint density at radius 3 is 2.71 bits per heavy atom. The Hall–Kier alpha value is -2.06. The highest BCUT2D eigenvalue weighted by molar-refractivity contribution is 5.77. The Balaban J connectivity index is 1.91. The van der Waals surface area contributed by atoms with E-state index < -0.39 is 29.7 Å². The Morgan fingerprint density at radius 1 is 1.33 bits per heavy atom. The van der Waals surface area contributed by atoms with Gasteiger partial charge in [-0.3, -0.25) is 14.5 Å². The third kappa shape index (κ3) is 4.48. The smallest absolute Gasteiger partial charge is 0.317 e. The van der Waals surface area contributed by atoms with Gasteiger partial charge >= 0.3 is 5.97 Å². The number of hydrogen-bond acceptors (Lipinski definition) is 4. The fourth-order valence-corrected chi connectivity index (χ4v) is 2.87. The molecule has 1 aromatic carbocycles. The summed E-state index contributed by atoms with van der Waals surface area (Å²) in [5.74, 6) is -2.43. The molecule has 132 valence electrons. The number of carbonyl (C=O) groups excluding carboxylic acids is 1. The van der Waals surface area contributed by atoms with Crippen molar-refractivity contribution in [2.24, 2.45) is 0 Å². The Kier molecular flexibility index (Phi) is 5.84. The lowest BCUT2D eigenvalue weighted by molar-refractivity contribution is -0.138. The zero-order chi connectivity index (χ0) is 17.9. The molecule has 0 aromatic heterocycles. The van der Waals surface area contributed by atoms with Crippen molar-refractivity contribution in [1.82, 2.24) is 9.80 Å². The van der Waals surface area contributed by atoms with Crippen LogP contribution in [-0.4, -0.2) is 70.7 Å². The monoisotopic (exact) mass is 342 g/mol. The fraction of sp³-hybridized carbons (Fsp3) is 0.500. The summed E-state index contributed by atoms with van der Waals surface area (Å²) in [7, 11) is 1.57. The van der Waals surface area contributed by atoms with Gasteiger partial charge in [-0.2, -0.15) is 0 Å². The predicted octanol–water partition coefficient (Wildman–Crippen LogP) is 0.485. The minimum Gasteiger partial charge on any atom is -0.480 e. The van der Waals surface area contributed by atoms with Gasteiger partial charge in [0.1, 0.15) is 11.6 Å². The number of amides is 1. The molecule has 2 rings (SSSR count). The van der Waals surface area contributed by atoms with E-state index in [4.69, 9.17) is 5.11 Å². The molecule has 2 N–H and O–H groups in total. The number of likely N-dealkylation sites (tertiary alicyclic amines) is 1. The van der Waals surface area contributed by atoms with E-state index in [-0.39, 0.29) is 43.9 Å². The van der Waals surface area contributed by atoms with Crippen LogP contribution in [-0.2, 0) is 16.0 Å². The van der Waals surface area contributed by atoms with E-state index >= 15 is 0 Å². The van der Waals surface area contributed by atoms with Crippen molar-refractivity contribution >= 4 is 11.9 Å². The third-order valence-electron chi connectivity index (χ3n) is 4.18. The Bertz CT molecular complexity index is 626. The minimum atomic E-state index is -1.02. The highest BCUT2D eigenvalue weighted by Gasteiger charge is 2.36. The first-order valence-electron chi connectivity index (χ1n) is 7.59. The first kappa shape index (κ1) is 18.3. The second kappa shape index (κ2) is 7.67. The molecule has 0 aliphatic carbocycles. The number of carboxylic acids is 1. The number of likely N-dealkylation sites (N-methyl/N-ethyl adjacent to an activating group) is 1. The zero-order valence-electron chi connectivity index (χ0n) is 13.3. The van der Waals surface area contributed by atoms with Crippen molar-refractivity contribution in [3.8, 4) is 0 Å². The van der Waals surface area contributed by atoms with Gasteiger partial charge in [-0.15, -0.1) is 0 Å². The molecule has 1 saturated heterocycles. The number of aliphatic hydroxyl groups excluding tert-OH is 1. The summed E-state index contributed by atoms with van der Waals surface area (Å²) in [4.78, 5) is 25.9. The molecular formula is C16H20F2N2O4. The number of aryl methyl sites for hydroxylation is 1. The number of halogens is 2. The van der Waals surface area contributed by atoms with Crippen LogP contribution in [0.2, 0.25) is 0 Å². The van der Waals surface area contributed by atoms with Gasteiger partial charge < -0.3 is 15.1 Å². The summed E-state index contributed by atoms with van der Waals surface area (Å²) in [5, 5.41) is 18.8. The summed E-state index contributed by atoms with van der Waals surface area (Å²) in [6.07, 6.45) is -0.795. The first-order chi connectivity index (χ1) is 11.3. The lowest BCUT2D eigenvalue weighted by Crippen LogP contribution is -2.43. The molecule has 1 amide bonds. The van der Waals surface area contributed by atoms with E-state index in [1.54, 1.807) is 7.05 Å². The highest BCUT2D eigenvalue weighted by Crippen LogP contribution is 2.18. The van der Waals surface area contributed by atoms with Gasteiger partial charge in [0.2, 0.25) is 5.91 Å². The molecule has 1 aliphatic rings. The molecule has 0 radical (unpaired) electrons. The van der Waals surface area contributed by atoms with Crippen molar-refractivity contribution in [1.29, 1.82) is 0 Å². The number of β-amino-alcohol motifs (C(OH)–C–C–N with tert-alkyl or cyclic N) is 1. The Labute approximate surface area is 138 Å². The highest BCUT2D eigenvalue weighted by atomic mass is 19.1. The maximum absolute atomic E-state index is 13.6. The molecule has 6 nitrogen and oxygen atoms in total. The van der Waals surface area contributed by atoms with Crippen molar-refractivity contribution in [3.05, 3.63) is 35.4 Å². The number of aliphatic carboxylic acids is 1. The van der Waals surface area contributed by atoms with Gasteiger partial charge in [0.05, 0.1) is 18.7 Å². The van der Waals surface area contributed by atoms with E-state index in [9.17, 15) is 23.5 Å². The largest absolute Gasteiger partial charge is 0.480 e. The number of nitrogens with zero attached hydrogens (tertiary/aromatic N) is 2. The normalized spacial score (nSPS) is 20.6. The van der Waals surface area contributed by atoms with E-state index in [1.807, 2.05) is 0 Å². The van der Waals surface area contributed by atoms with E-state index in [0.29, 0.717) is 0 Å². The van der Waals surface area contributed by atoms with Crippen molar-refractivity contribution in [2.45, 2.75) is 25.0 Å². The predicted molar refractivity (Wildman–Crippen MR) is 81.3 cm³/mol. The van der Waals surface area contributed by atoms with Gasteiger partial charge in [0.15, 0.2) is 0 Å². The molecule has 1 aromatic rings. The summed E-state index contributed by atoms with van der Waals surface area (Å²) >= 11 is 0.